The Morgan fingerprint density at radius 1 is 1.03 bits per heavy atom. The van der Waals surface area contributed by atoms with Gasteiger partial charge >= 0.3 is 0 Å². The molecule has 1 saturated heterocycles. The Bertz CT molecular complexity index is 1470. The van der Waals surface area contributed by atoms with Crippen molar-refractivity contribution in [1.29, 1.82) is 0 Å². The van der Waals surface area contributed by atoms with Gasteiger partial charge in [-0.25, -0.2) is 4.98 Å². The van der Waals surface area contributed by atoms with Gasteiger partial charge in [-0.3, -0.25) is 10.1 Å². The summed E-state index contributed by atoms with van der Waals surface area (Å²) in [6, 6.07) is 9.74. The number of pyridine rings is 1. The van der Waals surface area contributed by atoms with E-state index in [9.17, 15) is 0 Å². The van der Waals surface area contributed by atoms with Gasteiger partial charge in [0.2, 0.25) is 0 Å². The van der Waals surface area contributed by atoms with E-state index in [2.05, 4.69) is 63.4 Å². The maximum atomic E-state index is 5.50. The third-order valence-electron chi connectivity index (χ3n) is 8.42. The lowest BCUT2D eigenvalue weighted by Crippen LogP contribution is -2.42. The molecule has 0 amide bonds. The van der Waals surface area contributed by atoms with E-state index in [1.54, 1.807) is 0 Å². The number of aryl methyl sites for hydroxylation is 1. The first-order chi connectivity index (χ1) is 17.2. The first-order valence-corrected chi connectivity index (χ1v) is 13.0. The maximum Gasteiger partial charge on any atom is 0.0954 e. The fourth-order valence-electron chi connectivity index (χ4n) is 6.46. The second kappa shape index (κ2) is 8.16. The number of benzene rings is 2. The molecule has 6 nitrogen and oxygen atoms in total. The summed E-state index contributed by atoms with van der Waals surface area (Å²) >= 11 is 0. The normalized spacial score (nSPS) is 18.1. The molecule has 0 bridgehead atoms. The number of hydrogen-bond acceptors (Lipinski definition) is 5. The van der Waals surface area contributed by atoms with Crippen LogP contribution in [0.1, 0.15) is 47.9 Å². The molecule has 4 heterocycles. The van der Waals surface area contributed by atoms with E-state index in [0.717, 1.165) is 43.5 Å². The van der Waals surface area contributed by atoms with Crippen LogP contribution < -0.4 is 4.90 Å². The van der Waals surface area contributed by atoms with Crippen LogP contribution in [0.15, 0.2) is 35.5 Å². The van der Waals surface area contributed by atoms with Gasteiger partial charge in [0, 0.05) is 41.7 Å². The summed E-state index contributed by atoms with van der Waals surface area (Å²) in [7, 11) is 4.40. The Morgan fingerprint density at radius 2 is 1.86 bits per heavy atom. The van der Waals surface area contributed by atoms with Gasteiger partial charge in [0.05, 0.1) is 35.2 Å². The number of aromatic amines is 1. The van der Waals surface area contributed by atoms with Crippen molar-refractivity contribution < 1.29 is 0 Å². The highest BCUT2D eigenvalue weighted by Crippen LogP contribution is 2.42. The number of fused-ring (bicyclic) bond motifs is 6. The average Bonchev–Trinajstić information content (AvgIpc) is 3.56. The molecule has 178 valence electrons. The summed E-state index contributed by atoms with van der Waals surface area (Å²) < 4.78 is 0. The Hall–Kier alpha value is -3.25. The average molecular weight is 465 g/mol. The van der Waals surface area contributed by atoms with Crippen LogP contribution in [0.25, 0.3) is 33.1 Å². The molecule has 0 saturated carbocycles. The van der Waals surface area contributed by atoms with Crippen molar-refractivity contribution in [2.75, 3.05) is 32.1 Å². The van der Waals surface area contributed by atoms with Crippen LogP contribution in [0.3, 0.4) is 0 Å². The van der Waals surface area contributed by atoms with Gasteiger partial charge in [0.25, 0.3) is 0 Å². The topological polar surface area (TPSA) is 60.4 Å². The molecule has 1 fully saturated rings. The van der Waals surface area contributed by atoms with Gasteiger partial charge in [0.15, 0.2) is 0 Å². The Labute approximate surface area is 206 Å². The lowest BCUT2D eigenvalue weighted by atomic mass is 9.85. The largest absolute Gasteiger partial charge is 0.370 e. The summed E-state index contributed by atoms with van der Waals surface area (Å²) in [6.07, 6.45) is 11.0. The summed E-state index contributed by atoms with van der Waals surface area (Å²) in [5.74, 6) is 0. The van der Waals surface area contributed by atoms with Crippen LogP contribution in [-0.2, 0) is 19.4 Å². The van der Waals surface area contributed by atoms with E-state index < -0.39 is 0 Å². The van der Waals surface area contributed by atoms with Crippen LogP contribution in [0, 0.1) is 0 Å². The number of anilines is 1. The smallest absolute Gasteiger partial charge is 0.0954 e. The van der Waals surface area contributed by atoms with Gasteiger partial charge in [0.1, 0.15) is 0 Å². The quantitative estimate of drug-likeness (QED) is 0.457. The first kappa shape index (κ1) is 21.1. The van der Waals surface area contributed by atoms with Crippen LogP contribution in [-0.4, -0.2) is 59.5 Å². The molecule has 0 spiro atoms. The molecule has 1 aliphatic carbocycles. The number of nitrogens with one attached hydrogen (secondary N) is 1. The van der Waals surface area contributed by atoms with Crippen LogP contribution in [0.4, 0.5) is 5.69 Å². The molecule has 4 aromatic rings. The van der Waals surface area contributed by atoms with Gasteiger partial charge in [-0.15, -0.1) is 0 Å². The fourth-order valence-corrected chi connectivity index (χ4v) is 6.46. The van der Waals surface area contributed by atoms with E-state index in [1.807, 2.05) is 12.4 Å². The van der Waals surface area contributed by atoms with E-state index in [4.69, 9.17) is 4.98 Å². The van der Waals surface area contributed by atoms with Gasteiger partial charge < -0.3 is 9.80 Å². The lowest BCUT2D eigenvalue weighted by Gasteiger charge is -2.37. The molecule has 7 rings (SSSR count). The molecule has 6 heteroatoms. The van der Waals surface area contributed by atoms with Crippen molar-refractivity contribution >= 4 is 33.7 Å². The molecular formula is C29H32N6. The number of rotatable bonds is 3. The van der Waals surface area contributed by atoms with E-state index >= 15 is 0 Å². The van der Waals surface area contributed by atoms with Crippen molar-refractivity contribution in [3.8, 4) is 11.3 Å². The number of aromatic nitrogens is 3. The lowest BCUT2D eigenvalue weighted by molar-refractivity contribution is 0.250. The molecule has 0 radical (unpaired) electrons. The van der Waals surface area contributed by atoms with Crippen LogP contribution in [0.5, 0.6) is 0 Å². The van der Waals surface area contributed by atoms with Crippen LogP contribution >= 0.6 is 0 Å². The second-order valence-corrected chi connectivity index (χ2v) is 10.6. The molecular weight excluding hydrogens is 432 g/mol. The zero-order valence-corrected chi connectivity index (χ0v) is 20.6. The SMILES string of the molecule is CN(C)C1CCN(c2cc3[nH]ncc3c3c4c(c(-c5ccc6c(c5)C=NC6)nc23)CCCC4)CC1. The van der Waals surface area contributed by atoms with Crippen LogP contribution in [0.2, 0.25) is 0 Å². The Morgan fingerprint density at radius 3 is 2.69 bits per heavy atom. The molecule has 2 aromatic carbocycles. The standard InChI is InChI=1S/C29H32N6/c1-34(2)21-9-11-35(12-10-21)26-14-25-24(17-31-33-25)27-22-5-3-4-6-23(22)28(32-29(26)27)18-7-8-19-15-30-16-20(19)13-18/h7-8,13-14,16-17,21H,3-6,9-12,15H2,1-2H3,(H,31,33). The van der Waals surface area contributed by atoms with Crippen molar-refractivity contribution in [1.82, 2.24) is 20.1 Å². The predicted octanol–water partition coefficient (Wildman–Crippen LogP) is 5.12. The molecule has 2 aromatic heterocycles. The number of hydrogen-bond donors (Lipinski definition) is 1. The maximum absolute atomic E-state index is 5.50. The number of H-pyrrole nitrogens is 1. The van der Waals surface area contributed by atoms with E-state index in [1.165, 1.54) is 75.7 Å². The molecule has 0 atom stereocenters. The zero-order chi connectivity index (χ0) is 23.5. The molecule has 1 N–H and O–H groups in total. The Kier molecular flexibility index (Phi) is 4.91. The number of nitrogens with zero attached hydrogens (tertiary/aromatic N) is 5. The highest BCUT2D eigenvalue weighted by atomic mass is 15.2. The Balaban J connectivity index is 1.46. The van der Waals surface area contributed by atoms with Crippen molar-refractivity contribution in [2.24, 2.45) is 4.99 Å². The summed E-state index contributed by atoms with van der Waals surface area (Å²) in [5, 5.41) is 10.3. The van der Waals surface area contributed by atoms with Crippen molar-refractivity contribution in [2.45, 2.75) is 51.1 Å². The van der Waals surface area contributed by atoms with Crippen molar-refractivity contribution in [3.63, 3.8) is 0 Å². The minimum atomic E-state index is 0.651. The highest BCUT2D eigenvalue weighted by Gasteiger charge is 2.27. The molecule has 2 aliphatic heterocycles. The van der Waals surface area contributed by atoms with Crippen molar-refractivity contribution in [3.05, 3.63) is 52.7 Å². The zero-order valence-electron chi connectivity index (χ0n) is 20.6. The number of aliphatic imine (C=N–C) groups is 1. The van der Waals surface area contributed by atoms with E-state index in [-0.39, 0.29) is 0 Å². The summed E-state index contributed by atoms with van der Waals surface area (Å²) in [6.45, 7) is 2.91. The third-order valence-corrected chi connectivity index (χ3v) is 8.42. The molecule has 3 aliphatic rings. The monoisotopic (exact) mass is 464 g/mol. The fraction of sp³-hybridized carbons (Fsp3) is 0.414. The first-order valence-electron chi connectivity index (χ1n) is 13.0. The second-order valence-electron chi connectivity index (χ2n) is 10.6. The highest BCUT2D eigenvalue weighted by molar-refractivity contribution is 6.13. The number of piperidine rings is 1. The summed E-state index contributed by atoms with van der Waals surface area (Å²) in [4.78, 5) is 14.9. The van der Waals surface area contributed by atoms with Gasteiger partial charge in [-0.2, -0.15) is 5.10 Å². The molecule has 35 heavy (non-hydrogen) atoms. The predicted molar refractivity (Wildman–Crippen MR) is 144 cm³/mol. The minimum Gasteiger partial charge on any atom is -0.370 e. The third kappa shape index (κ3) is 3.38. The van der Waals surface area contributed by atoms with Gasteiger partial charge in [-0.05, 0) is 87.0 Å². The summed E-state index contributed by atoms with van der Waals surface area (Å²) in [5.41, 5.74) is 11.4. The minimum absolute atomic E-state index is 0.651. The van der Waals surface area contributed by atoms with Gasteiger partial charge in [-0.1, -0.05) is 12.1 Å². The van der Waals surface area contributed by atoms with E-state index in [0.29, 0.717) is 6.04 Å². The molecule has 0 unspecified atom stereocenters.